The van der Waals surface area contributed by atoms with E-state index in [1.807, 2.05) is 0 Å². The SMILES string of the molecule is C=C(C)C(C)CCC(C)C(C)C. The molecule has 0 spiro atoms. The summed E-state index contributed by atoms with van der Waals surface area (Å²) >= 11 is 0. The van der Waals surface area contributed by atoms with Gasteiger partial charge in [0.05, 0.1) is 0 Å². The molecule has 0 saturated carbocycles. The second kappa shape index (κ2) is 5.40. The van der Waals surface area contributed by atoms with E-state index >= 15 is 0 Å². The lowest BCUT2D eigenvalue weighted by Crippen LogP contribution is -2.06. The average molecular weight is 168 g/mol. The maximum Gasteiger partial charge on any atom is -0.0237 e. The van der Waals surface area contributed by atoms with Gasteiger partial charge < -0.3 is 0 Å². The fourth-order valence-electron chi connectivity index (χ4n) is 1.09. The zero-order valence-corrected chi connectivity index (χ0v) is 9.35. The molecule has 0 radical (unpaired) electrons. The first-order valence-electron chi connectivity index (χ1n) is 5.10. The van der Waals surface area contributed by atoms with Crippen molar-refractivity contribution in [1.29, 1.82) is 0 Å². The lowest BCUT2D eigenvalue weighted by atomic mass is 9.88. The summed E-state index contributed by atoms with van der Waals surface area (Å²) in [6.07, 6.45) is 2.64. The second-order valence-corrected chi connectivity index (χ2v) is 4.55. The van der Waals surface area contributed by atoms with Crippen molar-refractivity contribution < 1.29 is 0 Å². The molecule has 0 amide bonds. The summed E-state index contributed by atoms with van der Waals surface area (Å²) in [5, 5.41) is 0. The van der Waals surface area contributed by atoms with E-state index in [4.69, 9.17) is 0 Å². The standard InChI is InChI=1S/C12H24/c1-9(2)11(5)7-8-12(6)10(3)4/h10-12H,1,7-8H2,2-6H3. The van der Waals surface area contributed by atoms with E-state index in [9.17, 15) is 0 Å². The molecule has 0 saturated heterocycles. The highest BCUT2D eigenvalue weighted by molar-refractivity contribution is 4.93. The van der Waals surface area contributed by atoms with Gasteiger partial charge in [-0.05, 0) is 37.5 Å². The van der Waals surface area contributed by atoms with Gasteiger partial charge in [-0.2, -0.15) is 0 Å². The molecule has 0 nitrogen and oxygen atoms in total. The van der Waals surface area contributed by atoms with Crippen LogP contribution < -0.4 is 0 Å². The molecule has 0 aliphatic carbocycles. The van der Waals surface area contributed by atoms with Gasteiger partial charge in [0.2, 0.25) is 0 Å². The van der Waals surface area contributed by atoms with Crippen molar-refractivity contribution in [1.82, 2.24) is 0 Å². The minimum Gasteiger partial charge on any atom is -0.0999 e. The molecule has 12 heavy (non-hydrogen) atoms. The van der Waals surface area contributed by atoms with Crippen LogP contribution in [-0.4, -0.2) is 0 Å². The highest BCUT2D eigenvalue weighted by Gasteiger charge is 2.09. The third kappa shape index (κ3) is 4.58. The number of rotatable bonds is 5. The van der Waals surface area contributed by atoms with Crippen molar-refractivity contribution in [3.63, 3.8) is 0 Å². The third-order valence-corrected chi connectivity index (χ3v) is 3.03. The van der Waals surface area contributed by atoms with Gasteiger partial charge in [-0.3, -0.25) is 0 Å². The highest BCUT2D eigenvalue weighted by Crippen LogP contribution is 2.21. The van der Waals surface area contributed by atoms with Gasteiger partial charge in [0.25, 0.3) is 0 Å². The highest BCUT2D eigenvalue weighted by atomic mass is 14.1. The van der Waals surface area contributed by atoms with E-state index in [1.165, 1.54) is 18.4 Å². The summed E-state index contributed by atoms with van der Waals surface area (Å²) < 4.78 is 0. The Morgan fingerprint density at radius 2 is 1.58 bits per heavy atom. The maximum atomic E-state index is 3.98. The predicted molar refractivity (Wildman–Crippen MR) is 57.2 cm³/mol. The molecule has 0 aliphatic rings. The summed E-state index contributed by atoms with van der Waals surface area (Å²) in [5.74, 6) is 2.38. The van der Waals surface area contributed by atoms with E-state index in [2.05, 4.69) is 41.2 Å². The summed E-state index contributed by atoms with van der Waals surface area (Å²) in [7, 11) is 0. The number of hydrogen-bond acceptors (Lipinski definition) is 0. The van der Waals surface area contributed by atoms with E-state index < -0.39 is 0 Å². The van der Waals surface area contributed by atoms with Gasteiger partial charge >= 0.3 is 0 Å². The first-order valence-corrected chi connectivity index (χ1v) is 5.10. The van der Waals surface area contributed by atoms with Gasteiger partial charge in [-0.25, -0.2) is 0 Å². The van der Waals surface area contributed by atoms with Crippen molar-refractivity contribution in [2.75, 3.05) is 0 Å². The summed E-state index contributed by atoms with van der Waals surface area (Å²) in [5.41, 5.74) is 1.32. The Kier molecular flexibility index (Phi) is 5.28. The Labute approximate surface area is 78.1 Å². The monoisotopic (exact) mass is 168 g/mol. The minimum atomic E-state index is 0.700. The molecule has 0 aromatic heterocycles. The van der Waals surface area contributed by atoms with Crippen LogP contribution in [0.2, 0.25) is 0 Å². The Bertz CT molecular complexity index is 133. The van der Waals surface area contributed by atoms with Gasteiger partial charge in [0.1, 0.15) is 0 Å². The van der Waals surface area contributed by atoms with Crippen molar-refractivity contribution in [3.05, 3.63) is 12.2 Å². The average Bonchev–Trinajstić information content (AvgIpc) is 1.98. The van der Waals surface area contributed by atoms with Crippen molar-refractivity contribution in [3.8, 4) is 0 Å². The molecule has 0 aromatic carbocycles. The van der Waals surface area contributed by atoms with E-state index in [-0.39, 0.29) is 0 Å². The normalized spacial score (nSPS) is 16.2. The fourth-order valence-corrected chi connectivity index (χ4v) is 1.09. The van der Waals surface area contributed by atoms with Crippen molar-refractivity contribution in [2.24, 2.45) is 17.8 Å². The van der Waals surface area contributed by atoms with Crippen LogP contribution in [0, 0.1) is 17.8 Å². The fraction of sp³-hybridized carbons (Fsp3) is 0.833. The third-order valence-electron chi connectivity index (χ3n) is 3.03. The van der Waals surface area contributed by atoms with Crippen LogP contribution >= 0.6 is 0 Å². The quantitative estimate of drug-likeness (QED) is 0.538. The molecule has 2 unspecified atom stereocenters. The molecule has 0 heteroatoms. The van der Waals surface area contributed by atoms with Crippen LogP contribution in [0.4, 0.5) is 0 Å². The van der Waals surface area contributed by atoms with Gasteiger partial charge in [0, 0.05) is 0 Å². The first kappa shape index (κ1) is 11.7. The molecule has 0 fully saturated rings. The van der Waals surface area contributed by atoms with E-state index in [0.717, 1.165) is 11.8 Å². The molecule has 0 rings (SSSR count). The smallest absolute Gasteiger partial charge is 0.0237 e. The van der Waals surface area contributed by atoms with Crippen LogP contribution in [0.3, 0.4) is 0 Å². The van der Waals surface area contributed by atoms with Crippen LogP contribution in [-0.2, 0) is 0 Å². The van der Waals surface area contributed by atoms with Crippen LogP contribution in [0.1, 0.15) is 47.5 Å². The van der Waals surface area contributed by atoms with Crippen LogP contribution in [0.15, 0.2) is 12.2 Å². The molecule has 72 valence electrons. The Hall–Kier alpha value is -0.260. The van der Waals surface area contributed by atoms with E-state index in [1.54, 1.807) is 0 Å². The lowest BCUT2D eigenvalue weighted by Gasteiger charge is -2.18. The van der Waals surface area contributed by atoms with E-state index in [0.29, 0.717) is 5.92 Å². The minimum absolute atomic E-state index is 0.700. The summed E-state index contributed by atoms with van der Waals surface area (Å²) in [6.45, 7) is 15.3. The first-order chi connectivity index (χ1) is 5.45. The largest absolute Gasteiger partial charge is 0.0999 e. The van der Waals surface area contributed by atoms with Gasteiger partial charge in [-0.1, -0.05) is 39.8 Å². The number of allylic oxidation sites excluding steroid dienone is 1. The second-order valence-electron chi connectivity index (χ2n) is 4.55. The topological polar surface area (TPSA) is 0 Å². The molecule has 0 bridgehead atoms. The van der Waals surface area contributed by atoms with Crippen LogP contribution in [0.5, 0.6) is 0 Å². The van der Waals surface area contributed by atoms with Crippen molar-refractivity contribution in [2.45, 2.75) is 47.5 Å². The van der Waals surface area contributed by atoms with Gasteiger partial charge in [0.15, 0.2) is 0 Å². The molecule has 0 N–H and O–H groups in total. The predicted octanol–water partition coefficient (Wildman–Crippen LogP) is 4.27. The Morgan fingerprint density at radius 1 is 1.08 bits per heavy atom. The molecule has 0 aromatic rings. The Balaban J connectivity index is 3.61. The summed E-state index contributed by atoms with van der Waals surface area (Å²) in [4.78, 5) is 0. The molecule has 2 atom stereocenters. The zero-order valence-electron chi connectivity index (χ0n) is 9.35. The lowest BCUT2D eigenvalue weighted by molar-refractivity contribution is 0.363. The van der Waals surface area contributed by atoms with Gasteiger partial charge in [-0.15, -0.1) is 0 Å². The molecule has 0 heterocycles. The molecular formula is C12H24. The Morgan fingerprint density at radius 3 is 1.92 bits per heavy atom. The maximum absolute atomic E-state index is 3.98. The van der Waals surface area contributed by atoms with Crippen molar-refractivity contribution >= 4 is 0 Å². The summed E-state index contributed by atoms with van der Waals surface area (Å²) in [6, 6.07) is 0. The zero-order chi connectivity index (χ0) is 9.72. The molecular weight excluding hydrogens is 144 g/mol. The van der Waals surface area contributed by atoms with Crippen LogP contribution in [0.25, 0.3) is 0 Å². The number of hydrogen-bond donors (Lipinski definition) is 0. The molecule has 0 aliphatic heterocycles.